The molecule has 3 aromatic rings. The van der Waals surface area contributed by atoms with Crippen LogP contribution in [0.25, 0.3) is 22.5 Å². The van der Waals surface area contributed by atoms with E-state index < -0.39 is 21.7 Å². The Balaban J connectivity index is 2.09. The third-order valence-corrected chi connectivity index (χ3v) is 5.74. The van der Waals surface area contributed by atoms with E-state index in [1.54, 1.807) is 6.07 Å². The Bertz CT molecular complexity index is 1050. The van der Waals surface area contributed by atoms with Gasteiger partial charge in [0.05, 0.1) is 11.4 Å². The topological polar surface area (TPSA) is 109 Å². The number of carboxylic acids is 1. The number of rotatable bonds is 6. The lowest BCUT2D eigenvalue weighted by Crippen LogP contribution is -2.23. The first kappa shape index (κ1) is 20.4. The third kappa shape index (κ3) is 5.37. The van der Waals surface area contributed by atoms with Crippen molar-refractivity contribution in [2.75, 3.05) is 10.5 Å². The Hall–Kier alpha value is -2.30. The van der Waals surface area contributed by atoms with Gasteiger partial charge in [-0.25, -0.2) is 18.4 Å². The van der Waals surface area contributed by atoms with E-state index in [9.17, 15) is 13.2 Å². The number of nitrogens with zero attached hydrogens (tertiary/aromatic N) is 2. The predicted molar refractivity (Wildman–Crippen MR) is 113 cm³/mol. The highest BCUT2D eigenvalue weighted by molar-refractivity contribution is 9.10. The number of benzene rings is 2. The molecule has 2 aromatic carbocycles. The van der Waals surface area contributed by atoms with Crippen molar-refractivity contribution in [3.05, 3.63) is 63.5 Å². The Morgan fingerprint density at radius 1 is 0.893 bits per heavy atom. The molecule has 0 spiro atoms. The molecule has 144 valence electrons. The Kier molecular flexibility index (Phi) is 6.11. The van der Waals surface area contributed by atoms with Crippen molar-refractivity contribution in [1.29, 1.82) is 0 Å². The van der Waals surface area contributed by atoms with Crippen molar-refractivity contribution < 1.29 is 18.3 Å². The molecule has 0 fully saturated rings. The minimum Gasteiger partial charge on any atom is -0.480 e. The number of nitrogens with one attached hydrogen (secondary N) is 1. The number of anilines is 1. The molecule has 1 heterocycles. The SMILES string of the molecule is O=C(O)CS(=O)(=O)Nc1nc(-c2ccc(Br)cc2)cc(-c2ccc(Br)cc2)n1. The smallest absolute Gasteiger partial charge is 0.320 e. The normalized spacial score (nSPS) is 11.2. The van der Waals surface area contributed by atoms with E-state index in [4.69, 9.17) is 5.11 Å². The Morgan fingerprint density at radius 2 is 1.32 bits per heavy atom. The summed E-state index contributed by atoms with van der Waals surface area (Å²) in [4.78, 5) is 19.3. The van der Waals surface area contributed by atoms with Crippen LogP contribution in [0.2, 0.25) is 0 Å². The molecule has 10 heteroatoms. The van der Waals surface area contributed by atoms with Crippen LogP contribution in [0.1, 0.15) is 0 Å². The largest absolute Gasteiger partial charge is 0.480 e. The molecule has 2 N–H and O–H groups in total. The molecule has 0 saturated heterocycles. The Labute approximate surface area is 178 Å². The summed E-state index contributed by atoms with van der Waals surface area (Å²) in [6.45, 7) is 0. The fraction of sp³-hybridized carbons (Fsp3) is 0.0556. The van der Waals surface area contributed by atoms with Crippen LogP contribution in [0.3, 0.4) is 0 Å². The first-order valence-electron chi connectivity index (χ1n) is 7.85. The number of hydrogen-bond acceptors (Lipinski definition) is 5. The molecule has 0 radical (unpaired) electrons. The van der Waals surface area contributed by atoms with Crippen molar-refractivity contribution in [3.8, 4) is 22.5 Å². The lowest BCUT2D eigenvalue weighted by Gasteiger charge is -2.10. The molecule has 0 unspecified atom stereocenters. The van der Waals surface area contributed by atoms with Gasteiger partial charge in [0.15, 0.2) is 5.75 Å². The molecule has 0 bridgehead atoms. The van der Waals surface area contributed by atoms with E-state index in [1.165, 1.54) is 0 Å². The number of aromatic nitrogens is 2. The summed E-state index contributed by atoms with van der Waals surface area (Å²) in [5.41, 5.74) is 2.49. The zero-order chi connectivity index (χ0) is 20.3. The molecule has 0 atom stereocenters. The van der Waals surface area contributed by atoms with Crippen molar-refractivity contribution >= 4 is 53.8 Å². The number of hydrogen-bond donors (Lipinski definition) is 2. The summed E-state index contributed by atoms with van der Waals surface area (Å²) in [6, 6.07) is 16.4. The predicted octanol–water partition coefficient (Wildman–Crippen LogP) is 4.16. The van der Waals surface area contributed by atoms with Gasteiger partial charge in [0.2, 0.25) is 16.0 Å². The molecule has 28 heavy (non-hydrogen) atoms. The maximum Gasteiger partial charge on any atom is 0.320 e. The number of aliphatic carboxylic acids is 1. The van der Waals surface area contributed by atoms with E-state index in [0.717, 1.165) is 20.1 Å². The van der Waals surface area contributed by atoms with Crippen LogP contribution in [-0.2, 0) is 14.8 Å². The van der Waals surface area contributed by atoms with Gasteiger partial charge in [-0.2, -0.15) is 0 Å². The summed E-state index contributed by atoms with van der Waals surface area (Å²) in [7, 11) is -4.13. The van der Waals surface area contributed by atoms with Crippen molar-refractivity contribution in [2.45, 2.75) is 0 Å². The van der Waals surface area contributed by atoms with Crippen LogP contribution < -0.4 is 4.72 Å². The maximum atomic E-state index is 12.0. The highest BCUT2D eigenvalue weighted by atomic mass is 79.9. The first-order chi connectivity index (χ1) is 13.2. The van der Waals surface area contributed by atoms with Gasteiger partial charge in [-0.15, -0.1) is 0 Å². The minimum absolute atomic E-state index is 0.195. The molecule has 7 nitrogen and oxygen atoms in total. The monoisotopic (exact) mass is 525 g/mol. The highest BCUT2D eigenvalue weighted by Crippen LogP contribution is 2.27. The number of carbonyl (C=O) groups is 1. The van der Waals surface area contributed by atoms with Crippen molar-refractivity contribution in [2.24, 2.45) is 0 Å². The average Bonchev–Trinajstić information content (AvgIpc) is 2.61. The number of halogens is 2. The quantitative estimate of drug-likeness (QED) is 0.499. The number of sulfonamides is 1. The minimum atomic E-state index is -4.13. The van der Waals surface area contributed by atoms with Crippen LogP contribution in [0, 0.1) is 0 Å². The molecule has 0 aliphatic heterocycles. The van der Waals surface area contributed by atoms with Gasteiger partial charge in [-0.05, 0) is 30.3 Å². The van der Waals surface area contributed by atoms with Gasteiger partial charge in [0, 0.05) is 20.1 Å². The van der Waals surface area contributed by atoms with E-state index in [-0.39, 0.29) is 5.95 Å². The third-order valence-electron chi connectivity index (χ3n) is 3.57. The fourth-order valence-electron chi connectivity index (χ4n) is 2.37. The summed E-state index contributed by atoms with van der Waals surface area (Å²) >= 11 is 6.74. The molecule has 0 aliphatic rings. The van der Waals surface area contributed by atoms with Gasteiger partial charge >= 0.3 is 5.97 Å². The zero-order valence-corrected chi connectivity index (χ0v) is 18.1. The lowest BCUT2D eigenvalue weighted by atomic mass is 10.1. The van der Waals surface area contributed by atoms with Crippen molar-refractivity contribution in [1.82, 2.24) is 9.97 Å². The highest BCUT2D eigenvalue weighted by Gasteiger charge is 2.18. The number of carboxylic acid groups (broad SMARTS) is 1. The Morgan fingerprint density at radius 3 is 1.71 bits per heavy atom. The second-order valence-electron chi connectivity index (χ2n) is 5.73. The van der Waals surface area contributed by atoms with Gasteiger partial charge in [0.25, 0.3) is 0 Å². The van der Waals surface area contributed by atoms with Crippen LogP contribution in [0.15, 0.2) is 63.5 Å². The van der Waals surface area contributed by atoms with Crippen LogP contribution in [0.5, 0.6) is 0 Å². The lowest BCUT2D eigenvalue weighted by molar-refractivity contribution is -0.134. The molecular weight excluding hydrogens is 514 g/mol. The molecule has 0 amide bonds. The molecule has 0 aliphatic carbocycles. The van der Waals surface area contributed by atoms with Gasteiger partial charge in [-0.1, -0.05) is 56.1 Å². The van der Waals surface area contributed by atoms with Crippen molar-refractivity contribution in [3.63, 3.8) is 0 Å². The van der Waals surface area contributed by atoms with E-state index in [0.29, 0.717) is 11.4 Å². The first-order valence-corrected chi connectivity index (χ1v) is 11.1. The molecular formula is C18H13Br2N3O4S. The van der Waals surface area contributed by atoms with E-state index in [1.807, 2.05) is 48.5 Å². The average molecular weight is 527 g/mol. The zero-order valence-electron chi connectivity index (χ0n) is 14.1. The standard InChI is InChI=1S/C18H13Br2N3O4S/c19-13-5-1-11(2-6-13)15-9-16(12-3-7-14(20)8-4-12)22-18(21-15)23-28(26,27)10-17(24)25/h1-9H,10H2,(H,24,25)(H,21,22,23). The maximum absolute atomic E-state index is 12.0. The summed E-state index contributed by atoms with van der Waals surface area (Å²) < 4.78 is 27.9. The fourth-order valence-corrected chi connectivity index (χ4v) is 3.66. The summed E-state index contributed by atoms with van der Waals surface area (Å²) in [6.07, 6.45) is 0. The van der Waals surface area contributed by atoms with Gasteiger partial charge in [0.1, 0.15) is 0 Å². The van der Waals surface area contributed by atoms with Crippen LogP contribution in [-0.4, -0.2) is 35.2 Å². The van der Waals surface area contributed by atoms with E-state index in [2.05, 4.69) is 46.5 Å². The second-order valence-corrected chi connectivity index (χ2v) is 9.28. The molecule has 0 saturated carbocycles. The van der Waals surface area contributed by atoms with E-state index >= 15 is 0 Å². The molecule has 3 rings (SSSR count). The summed E-state index contributed by atoms with van der Waals surface area (Å²) in [5, 5.41) is 8.78. The second kappa shape index (κ2) is 8.38. The molecule has 1 aromatic heterocycles. The van der Waals surface area contributed by atoms with Gasteiger partial charge < -0.3 is 5.11 Å². The van der Waals surface area contributed by atoms with Crippen LogP contribution >= 0.6 is 31.9 Å². The summed E-state index contributed by atoms with van der Waals surface area (Å²) in [5.74, 6) is -2.74. The van der Waals surface area contributed by atoms with Crippen LogP contribution in [0.4, 0.5) is 5.95 Å². The van der Waals surface area contributed by atoms with Gasteiger partial charge in [-0.3, -0.25) is 9.52 Å².